The van der Waals surface area contributed by atoms with Gasteiger partial charge in [-0.3, -0.25) is 4.79 Å². The Hall–Kier alpha value is -1.60. The van der Waals surface area contributed by atoms with Crippen molar-refractivity contribution in [3.05, 3.63) is 35.1 Å². The number of rotatable bonds is 2. The zero-order valence-electron chi connectivity index (χ0n) is 9.36. The third kappa shape index (κ3) is 3.45. The van der Waals surface area contributed by atoms with Gasteiger partial charge in [0.15, 0.2) is 5.78 Å². The summed E-state index contributed by atoms with van der Waals surface area (Å²) in [6, 6.07) is 1.93. The molecule has 0 unspecified atom stereocenters. The first-order valence-corrected chi connectivity index (χ1v) is 4.88. The fourth-order valence-corrected chi connectivity index (χ4v) is 1.54. The second kappa shape index (κ2) is 4.82. The Kier molecular flexibility index (Phi) is 3.92. The molecule has 0 aliphatic rings. The van der Waals surface area contributed by atoms with Crippen molar-refractivity contribution in [2.75, 3.05) is 0 Å². The van der Waals surface area contributed by atoms with Crippen molar-refractivity contribution in [3.8, 4) is 0 Å². The van der Waals surface area contributed by atoms with Crippen molar-refractivity contribution in [1.29, 1.82) is 0 Å². The van der Waals surface area contributed by atoms with Gasteiger partial charge in [0.2, 0.25) is 5.92 Å². The van der Waals surface area contributed by atoms with E-state index in [9.17, 15) is 35.5 Å². The van der Waals surface area contributed by atoms with Gasteiger partial charge in [-0.1, -0.05) is 0 Å². The molecule has 0 radical (unpaired) electrons. The SMILES string of the molecule is Cc1cc(F)ccc1C(=O)C(C(F)(F)F)C(F)(F)F. The Labute approximate surface area is 103 Å². The van der Waals surface area contributed by atoms with Crippen molar-refractivity contribution < 1.29 is 35.5 Å². The van der Waals surface area contributed by atoms with Crippen LogP contribution in [-0.4, -0.2) is 18.1 Å². The minimum Gasteiger partial charge on any atom is -0.293 e. The number of benzene rings is 1. The van der Waals surface area contributed by atoms with Gasteiger partial charge in [-0.15, -0.1) is 0 Å². The minimum absolute atomic E-state index is 0.288. The fourth-order valence-electron chi connectivity index (χ4n) is 1.54. The van der Waals surface area contributed by atoms with Crippen LogP contribution in [0, 0.1) is 18.7 Å². The maximum absolute atomic E-state index is 12.7. The molecule has 0 fully saturated rings. The summed E-state index contributed by atoms with van der Waals surface area (Å²) in [6.45, 7) is 1.06. The molecule has 0 bridgehead atoms. The first-order valence-electron chi connectivity index (χ1n) is 4.88. The molecule has 0 atom stereocenters. The van der Waals surface area contributed by atoms with E-state index in [2.05, 4.69) is 0 Å². The van der Waals surface area contributed by atoms with E-state index in [0.29, 0.717) is 18.2 Å². The molecule has 106 valence electrons. The Morgan fingerprint density at radius 2 is 1.53 bits per heavy atom. The number of hydrogen-bond donors (Lipinski definition) is 0. The number of ketones is 1. The molecule has 8 heteroatoms. The minimum atomic E-state index is -5.75. The molecule has 0 heterocycles. The van der Waals surface area contributed by atoms with Crippen LogP contribution < -0.4 is 0 Å². The van der Waals surface area contributed by atoms with Crippen molar-refractivity contribution in [2.45, 2.75) is 19.3 Å². The highest BCUT2D eigenvalue weighted by Crippen LogP contribution is 2.41. The van der Waals surface area contributed by atoms with Gasteiger partial charge in [-0.05, 0) is 30.7 Å². The van der Waals surface area contributed by atoms with Gasteiger partial charge in [0.1, 0.15) is 5.82 Å². The normalized spacial score (nSPS) is 12.9. The summed E-state index contributed by atoms with van der Waals surface area (Å²) in [5.41, 5.74) is -1.09. The van der Waals surface area contributed by atoms with Crippen molar-refractivity contribution in [2.24, 2.45) is 5.92 Å². The maximum atomic E-state index is 12.7. The van der Waals surface area contributed by atoms with Crippen LogP contribution in [0.25, 0.3) is 0 Å². The van der Waals surface area contributed by atoms with Gasteiger partial charge in [-0.25, -0.2) is 4.39 Å². The van der Waals surface area contributed by atoms with Crippen LogP contribution in [0.1, 0.15) is 15.9 Å². The summed E-state index contributed by atoms with van der Waals surface area (Å²) in [5, 5.41) is 0. The van der Waals surface area contributed by atoms with E-state index >= 15 is 0 Å². The lowest BCUT2D eigenvalue weighted by Crippen LogP contribution is -2.42. The second-order valence-corrected chi connectivity index (χ2v) is 3.84. The molecule has 0 aliphatic heterocycles. The summed E-state index contributed by atoms with van der Waals surface area (Å²) in [4.78, 5) is 11.4. The molecule has 0 aliphatic carbocycles. The van der Waals surface area contributed by atoms with Crippen LogP contribution in [0.2, 0.25) is 0 Å². The average Bonchev–Trinajstić information content (AvgIpc) is 2.11. The molecule has 0 spiro atoms. The lowest BCUT2D eigenvalue weighted by molar-refractivity contribution is -0.264. The number of halogens is 7. The molecule has 1 aromatic rings. The van der Waals surface area contributed by atoms with Crippen LogP contribution >= 0.6 is 0 Å². The van der Waals surface area contributed by atoms with Crippen LogP contribution in [0.15, 0.2) is 18.2 Å². The lowest BCUT2D eigenvalue weighted by atomic mass is 9.93. The van der Waals surface area contributed by atoms with Gasteiger partial charge in [0.25, 0.3) is 0 Å². The monoisotopic (exact) mass is 288 g/mol. The highest BCUT2D eigenvalue weighted by atomic mass is 19.4. The largest absolute Gasteiger partial charge is 0.407 e. The third-order valence-corrected chi connectivity index (χ3v) is 2.37. The molecule has 0 saturated heterocycles. The van der Waals surface area contributed by atoms with Crippen molar-refractivity contribution in [1.82, 2.24) is 0 Å². The molecule has 19 heavy (non-hydrogen) atoms. The average molecular weight is 288 g/mol. The van der Waals surface area contributed by atoms with Crippen LogP contribution in [-0.2, 0) is 0 Å². The van der Waals surface area contributed by atoms with Crippen LogP contribution in [0.5, 0.6) is 0 Å². The number of Topliss-reactive ketones (excluding diaryl/α,β-unsaturated/α-hetero) is 1. The summed E-state index contributed by atoms with van der Waals surface area (Å²) in [5.74, 6) is -7.11. The molecular formula is C11H7F7O. The van der Waals surface area contributed by atoms with E-state index in [1.807, 2.05) is 0 Å². The Morgan fingerprint density at radius 3 is 1.89 bits per heavy atom. The first kappa shape index (κ1) is 15.5. The van der Waals surface area contributed by atoms with Crippen molar-refractivity contribution in [3.63, 3.8) is 0 Å². The predicted octanol–water partition coefficient (Wildman–Crippen LogP) is 4.06. The smallest absolute Gasteiger partial charge is 0.293 e. The van der Waals surface area contributed by atoms with E-state index in [1.165, 1.54) is 0 Å². The number of hydrogen-bond acceptors (Lipinski definition) is 1. The number of carbonyl (C=O) groups excluding carboxylic acids is 1. The third-order valence-electron chi connectivity index (χ3n) is 2.37. The summed E-state index contributed by atoms with van der Waals surface area (Å²) >= 11 is 0. The molecule has 1 nitrogen and oxygen atoms in total. The topological polar surface area (TPSA) is 17.1 Å². The Morgan fingerprint density at radius 1 is 1.05 bits per heavy atom. The van der Waals surface area contributed by atoms with Crippen molar-refractivity contribution >= 4 is 5.78 Å². The molecule has 0 N–H and O–H groups in total. The summed E-state index contributed by atoms with van der Waals surface area (Å²) < 4.78 is 86.8. The standard InChI is InChI=1S/C11H7F7O/c1-5-4-6(12)2-3-7(5)8(19)9(10(13,14)15)11(16,17)18/h2-4,9H,1H3. The highest BCUT2D eigenvalue weighted by molar-refractivity contribution is 6.00. The molecule has 0 aromatic heterocycles. The lowest BCUT2D eigenvalue weighted by Gasteiger charge is -2.22. The van der Waals surface area contributed by atoms with E-state index in [1.54, 1.807) is 0 Å². The van der Waals surface area contributed by atoms with Gasteiger partial charge in [0.05, 0.1) is 0 Å². The van der Waals surface area contributed by atoms with E-state index < -0.39 is 35.4 Å². The van der Waals surface area contributed by atoms with E-state index in [0.717, 1.165) is 6.92 Å². The number of aryl methyl sites for hydroxylation is 1. The first-order chi connectivity index (χ1) is 8.44. The van der Waals surface area contributed by atoms with Crippen LogP contribution in [0.4, 0.5) is 30.7 Å². The summed E-state index contributed by atoms with van der Waals surface area (Å²) in [7, 11) is 0. The van der Waals surface area contributed by atoms with Gasteiger partial charge in [-0.2, -0.15) is 26.3 Å². The molecule has 1 aromatic carbocycles. The Balaban J connectivity index is 3.29. The molecule has 0 saturated carbocycles. The van der Waals surface area contributed by atoms with Crippen LogP contribution in [0.3, 0.4) is 0 Å². The van der Waals surface area contributed by atoms with E-state index in [4.69, 9.17) is 0 Å². The quantitative estimate of drug-likeness (QED) is 0.592. The maximum Gasteiger partial charge on any atom is 0.407 e. The zero-order valence-corrected chi connectivity index (χ0v) is 9.36. The molecule has 0 amide bonds. The molecule has 1 rings (SSSR count). The summed E-state index contributed by atoms with van der Waals surface area (Å²) in [6.07, 6.45) is -11.5. The zero-order chi connectivity index (χ0) is 15.0. The highest BCUT2D eigenvalue weighted by Gasteiger charge is 2.61. The number of alkyl halides is 6. The second-order valence-electron chi connectivity index (χ2n) is 3.84. The predicted molar refractivity (Wildman–Crippen MR) is 51.1 cm³/mol. The van der Waals surface area contributed by atoms with Gasteiger partial charge in [0, 0.05) is 5.56 Å². The molecular weight excluding hydrogens is 281 g/mol. The van der Waals surface area contributed by atoms with E-state index in [-0.39, 0.29) is 5.56 Å². The van der Waals surface area contributed by atoms with Gasteiger partial charge < -0.3 is 0 Å². The Bertz CT molecular complexity index is 473. The number of carbonyl (C=O) groups is 1. The van der Waals surface area contributed by atoms with Gasteiger partial charge >= 0.3 is 12.4 Å². The fraction of sp³-hybridized carbons (Fsp3) is 0.364.